The molecule has 0 aromatic carbocycles. The van der Waals surface area contributed by atoms with Crippen LogP contribution in [0.3, 0.4) is 0 Å². The Labute approximate surface area is 108 Å². The Bertz CT molecular complexity index is 442. The van der Waals surface area contributed by atoms with E-state index in [0.29, 0.717) is 16.9 Å². The maximum atomic E-state index is 12.0. The van der Waals surface area contributed by atoms with Crippen molar-refractivity contribution in [2.24, 2.45) is 5.41 Å². The molecule has 0 bridgehead atoms. The van der Waals surface area contributed by atoms with Gasteiger partial charge in [0.15, 0.2) is 0 Å². The maximum absolute atomic E-state index is 12.0. The number of amides is 1. The van der Waals surface area contributed by atoms with Gasteiger partial charge in [-0.15, -0.1) is 0 Å². The summed E-state index contributed by atoms with van der Waals surface area (Å²) in [5.41, 5.74) is 6.30. The van der Waals surface area contributed by atoms with Gasteiger partial charge >= 0.3 is 0 Å². The number of nitrogen functional groups attached to an aromatic ring is 1. The van der Waals surface area contributed by atoms with Crippen molar-refractivity contribution in [3.05, 3.63) is 23.9 Å². The highest BCUT2D eigenvalue weighted by Gasteiger charge is 2.29. The number of carbonyl (C=O) groups is 1. The topological polar surface area (TPSA) is 68.0 Å². The second-order valence-electron chi connectivity index (χ2n) is 5.88. The molecule has 1 aliphatic carbocycles. The first kappa shape index (κ1) is 12.9. The molecule has 1 atom stereocenters. The number of aromatic nitrogens is 1. The lowest BCUT2D eigenvalue weighted by molar-refractivity contribution is 0.0897. The molecule has 4 heteroatoms. The molecule has 0 aliphatic heterocycles. The Morgan fingerprint density at radius 2 is 2.28 bits per heavy atom. The van der Waals surface area contributed by atoms with Crippen LogP contribution < -0.4 is 11.1 Å². The first-order chi connectivity index (χ1) is 8.46. The molecule has 0 saturated heterocycles. The Hall–Kier alpha value is -1.58. The van der Waals surface area contributed by atoms with E-state index in [1.807, 2.05) is 0 Å². The van der Waals surface area contributed by atoms with Crippen molar-refractivity contribution < 1.29 is 4.79 Å². The van der Waals surface area contributed by atoms with E-state index >= 15 is 0 Å². The van der Waals surface area contributed by atoms with Gasteiger partial charge in [0.25, 0.3) is 5.91 Å². The van der Waals surface area contributed by atoms with Crippen LogP contribution in [0.15, 0.2) is 18.2 Å². The summed E-state index contributed by atoms with van der Waals surface area (Å²) in [7, 11) is 0. The molecule has 4 nitrogen and oxygen atoms in total. The predicted molar refractivity (Wildman–Crippen MR) is 72.2 cm³/mol. The molecule has 1 heterocycles. The van der Waals surface area contributed by atoms with E-state index in [9.17, 15) is 4.79 Å². The van der Waals surface area contributed by atoms with E-state index < -0.39 is 0 Å². The van der Waals surface area contributed by atoms with Crippen molar-refractivity contribution in [3.63, 3.8) is 0 Å². The van der Waals surface area contributed by atoms with Crippen molar-refractivity contribution in [2.45, 2.75) is 45.6 Å². The number of nitrogens with zero attached hydrogens (tertiary/aromatic N) is 1. The molecule has 1 unspecified atom stereocenters. The lowest BCUT2D eigenvalue weighted by atomic mass is 9.75. The fourth-order valence-corrected chi connectivity index (χ4v) is 2.66. The summed E-state index contributed by atoms with van der Waals surface area (Å²) in [5.74, 6) is 0.261. The Morgan fingerprint density at radius 3 is 2.94 bits per heavy atom. The van der Waals surface area contributed by atoms with Crippen LogP contribution in [0.2, 0.25) is 0 Å². The number of hydrogen-bond acceptors (Lipinski definition) is 3. The number of hydrogen-bond donors (Lipinski definition) is 2. The smallest absolute Gasteiger partial charge is 0.270 e. The highest BCUT2D eigenvalue weighted by molar-refractivity contribution is 5.92. The van der Waals surface area contributed by atoms with Crippen LogP contribution in [0.4, 0.5) is 5.82 Å². The van der Waals surface area contributed by atoms with E-state index in [1.54, 1.807) is 18.2 Å². The lowest BCUT2D eigenvalue weighted by Gasteiger charge is -2.35. The van der Waals surface area contributed by atoms with Crippen molar-refractivity contribution in [1.82, 2.24) is 10.3 Å². The largest absolute Gasteiger partial charge is 0.384 e. The highest BCUT2D eigenvalue weighted by Crippen LogP contribution is 2.35. The minimum Gasteiger partial charge on any atom is -0.384 e. The van der Waals surface area contributed by atoms with Crippen LogP contribution in [-0.4, -0.2) is 16.9 Å². The average Bonchev–Trinajstić information content (AvgIpc) is 2.27. The van der Waals surface area contributed by atoms with Gasteiger partial charge in [-0.3, -0.25) is 4.79 Å². The zero-order valence-corrected chi connectivity index (χ0v) is 11.1. The van der Waals surface area contributed by atoms with Crippen LogP contribution >= 0.6 is 0 Å². The number of anilines is 1. The first-order valence-electron chi connectivity index (χ1n) is 6.50. The third-order valence-electron chi connectivity index (χ3n) is 3.54. The van der Waals surface area contributed by atoms with Crippen molar-refractivity contribution in [2.75, 3.05) is 5.73 Å². The molecule has 1 amide bonds. The normalized spacial score (nSPS) is 22.4. The molecular weight excluding hydrogens is 226 g/mol. The summed E-state index contributed by atoms with van der Waals surface area (Å²) in [5, 5.41) is 3.06. The van der Waals surface area contributed by atoms with Gasteiger partial charge in [0.2, 0.25) is 0 Å². The predicted octanol–water partition coefficient (Wildman–Crippen LogP) is 2.36. The van der Waals surface area contributed by atoms with Gasteiger partial charge in [0.05, 0.1) is 0 Å². The quantitative estimate of drug-likeness (QED) is 0.843. The monoisotopic (exact) mass is 247 g/mol. The SMILES string of the molecule is CC1(C)CCCC(NC(=O)c2cccc(N)n2)C1. The zero-order valence-electron chi connectivity index (χ0n) is 11.1. The van der Waals surface area contributed by atoms with Gasteiger partial charge in [0, 0.05) is 6.04 Å². The number of carbonyl (C=O) groups excluding carboxylic acids is 1. The first-order valence-corrected chi connectivity index (χ1v) is 6.50. The van der Waals surface area contributed by atoms with E-state index in [-0.39, 0.29) is 11.9 Å². The third-order valence-corrected chi connectivity index (χ3v) is 3.54. The molecule has 1 saturated carbocycles. The van der Waals surface area contributed by atoms with Gasteiger partial charge < -0.3 is 11.1 Å². The highest BCUT2D eigenvalue weighted by atomic mass is 16.1. The van der Waals surface area contributed by atoms with Gasteiger partial charge in [-0.1, -0.05) is 26.3 Å². The lowest BCUT2D eigenvalue weighted by Crippen LogP contribution is -2.40. The second kappa shape index (κ2) is 4.96. The molecule has 2 rings (SSSR count). The number of nitrogens with two attached hydrogens (primary N) is 1. The van der Waals surface area contributed by atoms with Gasteiger partial charge in [0.1, 0.15) is 11.5 Å². The Morgan fingerprint density at radius 1 is 1.50 bits per heavy atom. The standard InChI is InChI=1S/C14H21N3O/c1-14(2)8-4-5-10(9-14)16-13(18)11-6-3-7-12(15)17-11/h3,6-7,10H,4-5,8-9H2,1-2H3,(H2,15,17)(H,16,18). The summed E-state index contributed by atoms with van der Waals surface area (Å²) < 4.78 is 0. The van der Waals surface area contributed by atoms with Crippen molar-refractivity contribution >= 4 is 11.7 Å². The molecule has 1 aliphatic rings. The molecule has 1 fully saturated rings. The maximum Gasteiger partial charge on any atom is 0.270 e. The molecule has 3 N–H and O–H groups in total. The Balaban J connectivity index is 1.99. The van der Waals surface area contributed by atoms with Gasteiger partial charge in [-0.25, -0.2) is 4.98 Å². The van der Waals surface area contributed by atoms with Crippen LogP contribution in [0.25, 0.3) is 0 Å². The molecule has 1 aromatic heterocycles. The van der Waals surface area contributed by atoms with E-state index in [1.165, 1.54) is 12.8 Å². The molecule has 1 aromatic rings. The zero-order chi connectivity index (χ0) is 13.2. The summed E-state index contributed by atoms with van der Waals surface area (Å²) in [6.45, 7) is 4.51. The van der Waals surface area contributed by atoms with Crippen LogP contribution in [0.1, 0.15) is 50.0 Å². The summed E-state index contributed by atoms with van der Waals surface area (Å²) >= 11 is 0. The third kappa shape index (κ3) is 3.22. The van der Waals surface area contributed by atoms with Gasteiger partial charge in [-0.05, 0) is 36.8 Å². The fraction of sp³-hybridized carbons (Fsp3) is 0.571. The molecule has 98 valence electrons. The van der Waals surface area contributed by atoms with E-state index in [0.717, 1.165) is 12.8 Å². The molecule has 0 spiro atoms. The molecular formula is C14H21N3O. The average molecular weight is 247 g/mol. The summed E-state index contributed by atoms with van der Waals surface area (Å²) in [6, 6.07) is 5.38. The fourth-order valence-electron chi connectivity index (χ4n) is 2.66. The van der Waals surface area contributed by atoms with E-state index in [2.05, 4.69) is 24.1 Å². The van der Waals surface area contributed by atoms with E-state index in [4.69, 9.17) is 5.73 Å². The minimum absolute atomic E-state index is 0.120. The van der Waals surface area contributed by atoms with Crippen LogP contribution in [-0.2, 0) is 0 Å². The van der Waals surface area contributed by atoms with Crippen molar-refractivity contribution in [3.8, 4) is 0 Å². The van der Waals surface area contributed by atoms with Crippen LogP contribution in [0.5, 0.6) is 0 Å². The summed E-state index contributed by atoms with van der Waals surface area (Å²) in [6.07, 6.45) is 4.48. The van der Waals surface area contributed by atoms with Crippen molar-refractivity contribution in [1.29, 1.82) is 0 Å². The Kier molecular flexibility index (Phi) is 3.55. The molecule has 18 heavy (non-hydrogen) atoms. The summed E-state index contributed by atoms with van der Waals surface area (Å²) in [4.78, 5) is 16.1. The number of rotatable bonds is 2. The van der Waals surface area contributed by atoms with Gasteiger partial charge in [-0.2, -0.15) is 0 Å². The number of nitrogens with one attached hydrogen (secondary N) is 1. The number of pyridine rings is 1. The van der Waals surface area contributed by atoms with Crippen LogP contribution in [0, 0.1) is 5.41 Å². The second-order valence-corrected chi connectivity index (χ2v) is 5.88. The minimum atomic E-state index is -0.120. The molecule has 0 radical (unpaired) electrons.